The number of halogens is 2. The molecule has 0 bridgehead atoms. The summed E-state index contributed by atoms with van der Waals surface area (Å²) in [5.41, 5.74) is 2.28. The quantitative estimate of drug-likeness (QED) is 0.249. The number of likely N-dealkylation sites (N-methyl/N-ethyl adjacent to an activating group) is 1. The van der Waals surface area contributed by atoms with Crippen molar-refractivity contribution >= 4 is 17.9 Å². The maximum Gasteiger partial charge on any atom is 0.407 e. The summed E-state index contributed by atoms with van der Waals surface area (Å²) in [7, 11) is 0. The lowest BCUT2D eigenvalue weighted by Crippen LogP contribution is -2.49. The number of nitrogens with one attached hydrogen (secondary N) is 1. The Balaban J connectivity index is 1.65. The molecule has 2 aromatic carbocycles. The van der Waals surface area contributed by atoms with E-state index in [-0.39, 0.29) is 54.8 Å². The maximum atomic E-state index is 14.9. The minimum atomic E-state index is -1.11. The molecule has 1 fully saturated rings. The summed E-state index contributed by atoms with van der Waals surface area (Å²) in [4.78, 5) is 39.1. The second-order valence-electron chi connectivity index (χ2n) is 12.1. The van der Waals surface area contributed by atoms with Gasteiger partial charge in [-0.15, -0.1) is 0 Å². The van der Waals surface area contributed by atoms with Crippen LogP contribution in [0.15, 0.2) is 60.8 Å². The van der Waals surface area contributed by atoms with E-state index in [0.717, 1.165) is 23.4 Å². The molecule has 3 amide bonds. The number of benzene rings is 2. The Labute approximate surface area is 251 Å². The van der Waals surface area contributed by atoms with Gasteiger partial charge in [0.25, 0.3) is 0 Å². The van der Waals surface area contributed by atoms with Gasteiger partial charge in [-0.1, -0.05) is 51.1 Å². The lowest BCUT2D eigenvalue weighted by atomic mass is 9.84. The van der Waals surface area contributed by atoms with Crippen LogP contribution in [0.5, 0.6) is 0 Å². The first-order valence-corrected chi connectivity index (χ1v) is 14.6. The van der Waals surface area contributed by atoms with Gasteiger partial charge in [0.2, 0.25) is 11.8 Å². The molecule has 0 saturated carbocycles. The van der Waals surface area contributed by atoms with Gasteiger partial charge in [-0.25, -0.2) is 13.6 Å². The van der Waals surface area contributed by atoms with E-state index in [9.17, 15) is 28.3 Å². The normalized spacial score (nSPS) is 15.2. The molecule has 230 valence electrons. The zero-order valence-corrected chi connectivity index (χ0v) is 25.1. The number of carboxylic acid groups (broad SMARTS) is 1. The molecule has 43 heavy (non-hydrogen) atoms. The first kappa shape index (κ1) is 31.9. The molecule has 2 heterocycles. The van der Waals surface area contributed by atoms with Gasteiger partial charge in [0.15, 0.2) is 0 Å². The molecule has 1 aliphatic heterocycles. The topological polar surface area (TPSA) is 94.9 Å². The van der Waals surface area contributed by atoms with E-state index in [1.54, 1.807) is 6.92 Å². The van der Waals surface area contributed by atoms with E-state index >= 15 is 0 Å². The maximum absolute atomic E-state index is 14.9. The Hall–Kier alpha value is -4.05. The van der Waals surface area contributed by atoms with Crippen molar-refractivity contribution < 1.29 is 28.3 Å². The predicted octanol–water partition coefficient (Wildman–Crippen LogP) is 6.07. The van der Waals surface area contributed by atoms with Crippen LogP contribution in [0.3, 0.4) is 0 Å². The van der Waals surface area contributed by atoms with Gasteiger partial charge in [-0.05, 0) is 55.1 Å². The van der Waals surface area contributed by atoms with Crippen LogP contribution in [-0.4, -0.2) is 63.1 Å². The minimum absolute atomic E-state index is 0.00700. The summed E-state index contributed by atoms with van der Waals surface area (Å²) in [5, 5.41) is 13.4. The van der Waals surface area contributed by atoms with Gasteiger partial charge in [-0.2, -0.15) is 0 Å². The molecule has 1 aromatic heterocycles. The fourth-order valence-electron chi connectivity index (χ4n) is 5.74. The van der Waals surface area contributed by atoms with Crippen LogP contribution in [0.4, 0.5) is 13.6 Å². The van der Waals surface area contributed by atoms with E-state index in [1.807, 2.05) is 47.2 Å². The Morgan fingerprint density at radius 3 is 2.33 bits per heavy atom. The standard InChI is InChI=1S/C33H40F2N4O4/c1-5-38(32(42)43)25(21-39-29(40)13-14-30(39)41)15-16-36-31(33(2,3)4)28-17-23(26-18-24(34)11-12-27(26)35)20-37(28)19-22-9-7-6-8-10-22/h6-12,17-18,20,25,31,36H,5,13-16,19,21H2,1-4H3,(H,42,43)/t25-,31-/m0/s1. The highest BCUT2D eigenvalue weighted by Gasteiger charge is 2.35. The molecule has 10 heteroatoms. The third kappa shape index (κ3) is 7.67. The van der Waals surface area contributed by atoms with Gasteiger partial charge in [0, 0.05) is 55.5 Å². The van der Waals surface area contributed by atoms with Crippen molar-refractivity contribution in [3.63, 3.8) is 0 Å². The van der Waals surface area contributed by atoms with Crippen molar-refractivity contribution in [3.05, 3.63) is 83.7 Å². The number of likely N-dealkylation sites (tertiary alicyclic amines) is 1. The summed E-state index contributed by atoms with van der Waals surface area (Å²) in [6.07, 6.45) is 1.35. The zero-order valence-electron chi connectivity index (χ0n) is 25.1. The largest absolute Gasteiger partial charge is 0.465 e. The lowest BCUT2D eigenvalue weighted by molar-refractivity contribution is -0.139. The van der Waals surface area contributed by atoms with Crippen molar-refractivity contribution in [1.29, 1.82) is 0 Å². The van der Waals surface area contributed by atoms with Crippen molar-refractivity contribution in [3.8, 4) is 11.1 Å². The summed E-state index contributed by atoms with van der Waals surface area (Å²) >= 11 is 0. The molecule has 0 aliphatic carbocycles. The molecule has 2 atom stereocenters. The van der Waals surface area contributed by atoms with Crippen molar-refractivity contribution in [2.45, 2.75) is 65.6 Å². The van der Waals surface area contributed by atoms with Crippen molar-refractivity contribution in [2.75, 3.05) is 19.6 Å². The van der Waals surface area contributed by atoms with Crippen LogP contribution in [0, 0.1) is 17.0 Å². The van der Waals surface area contributed by atoms with Crippen molar-refractivity contribution in [1.82, 2.24) is 19.7 Å². The molecule has 3 aromatic rings. The van der Waals surface area contributed by atoms with Gasteiger partial charge >= 0.3 is 6.09 Å². The number of carbonyl (C=O) groups is 3. The molecule has 4 rings (SSSR count). The number of carbonyl (C=O) groups excluding carboxylic acids is 2. The molecule has 0 unspecified atom stereocenters. The summed E-state index contributed by atoms with van der Waals surface area (Å²) in [5.74, 6) is -1.62. The monoisotopic (exact) mass is 594 g/mol. The first-order chi connectivity index (χ1) is 20.4. The number of hydrogen-bond acceptors (Lipinski definition) is 4. The highest BCUT2D eigenvalue weighted by Crippen LogP contribution is 2.37. The van der Waals surface area contributed by atoms with Crippen LogP contribution in [0.25, 0.3) is 11.1 Å². The van der Waals surface area contributed by atoms with Gasteiger partial charge in [0.1, 0.15) is 11.6 Å². The highest BCUT2D eigenvalue weighted by atomic mass is 19.1. The second kappa shape index (κ2) is 13.5. The Morgan fingerprint density at radius 2 is 1.72 bits per heavy atom. The molecule has 2 N–H and O–H groups in total. The van der Waals surface area contributed by atoms with Crippen LogP contribution in [0.2, 0.25) is 0 Å². The molecule has 0 radical (unpaired) electrons. The number of aromatic nitrogens is 1. The van der Waals surface area contributed by atoms with E-state index < -0.39 is 23.8 Å². The number of imide groups is 1. The highest BCUT2D eigenvalue weighted by molar-refractivity contribution is 6.02. The fourth-order valence-corrected chi connectivity index (χ4v) is 5.74. The summed E-state index contributed by atoms with van der Waals surface area (Å²) < 4.78 is 31.0. The smallest absolute Gasteiger partial charge is 0.407 e. The average Bonchev–Trinajstić information content (AvgIpc) is 3.50. The van der Waals surface area contributed by atoms with Crippen LogP contribution >= 0.6 is 0 Å². The number of nitrogens with zero attached hydrogens (tertiary/aromatic N) is 3. The van der Waals surface area contributed by atoms with Gasteiger partial charge in [-0.3, -0.25) is 14.5 Å². The fraction of sp³-hybridized carbons (Fsp3) is 0.424. The predicted molar refractivity (Wildman–Crippen MR) is 160 cm³/mol. The zero-order chi connectivity index (χ0) is 31.3. The van der Waals surface area contributed by atoms with E-state index in [1.165, 1.54) is 15.9 Å². The lowest BCUT2D eigenvalue weighted by Gasteiger charge is -2.35. The molecular weight excluding hydrogens is 554 g/mol. The summed E-state index contributed by atoms with van der Waals surface area (Å²) in [6, 6.07) is 14.3. The molecule has 8 nitrogen and oxygen atoms in total. The Kier molecular flexibility index (Phi) is 10.0. The third-order valence-electron chi connectivity index (χ3n) is 7.93. The number of hydrogen-bond donors (Lipinski definition) is 2. The van der Waals surface area contributed by atoms with Crippen molar-refractivity contribution in [2.24, 2.45) is 5.41 Å². The average molecular weight is 595 g/mol. The molecule has 0 spiro atoms. The third-order valence-corrected chi connectivity index (χ3v) is 7.93. The van der Waals surface area contributed by atoms with E-state index in [0.29, 0.717) is 25.1 Å². The van der Waals surface area contributed by atoms with Gasteiger partial charge in [0.05, 0.1) is 12.1 Å². The van der Waals surface area contributed by atoms with Crippen LogP contribution < -0.4 is 5.32 Å². The number of amides is 3. The van der Waals surface area contributed by atoms with E-state index in [4.69, 9.17) is 0 Å². The van der Waals surface area contributed by atoms with E-state index in [2.05, 4.69) is 26.1 Å². The van der Waals surface area contributed by atoms with Gasteiger partial charge < -0.3 is 19.9 Å². The minimum Gasteiger partial charge on any atom is -0.465 e. The van der Waals surface area contributed by atoms with Crippen LogP contribution in [-0.2, 0) is 16.1 Å². The number of rotatable bonds is 12. The first-order valence-electron chi connectivity index (χ1n) is 14.6. The molecule has 1 saturated heterocycles. The SMILES string of the molecule is CCN(C(=O)O)[C@@H](CCN[C@@H](c1cc(-c2cc(F)ccc2F)cn1Cc1ccccc1)C(C)(C)C)CN1C(=O)CCC1=O. The molecular formula is C33H40F2N4O4. The summed E-state index contributed by atoms with van der Waals surface area (Å²) in [6.45, 7) is 9.04. The Morgan fingerprint density at radius 1 is 1.05 bits per heavy atom. The molecule has 1 aliphatic rings. The second-order valence-corrected chi connectivity index (χ2v) is 12.1. The van der Waals surface area contributed by atoms with Crippen LogP contribution in [0.1, 0.15) is 64.3 Å². The Bertz CT molecular complexity index is 1430.